The van der Waals surface area contributed by atoms with Crippen molar-refractivity contribution in [3.05, 3.63) is 5.82 Å². The van der Waals surface area contributed by atoms with E-state index in [0.29, 0.717) is 25.6 Å². The van der Waals surface area contributed by atoms with Crippen LogP contribution in [-0.2, 0) is 17.9 Å². The standard InChI is InChI=1S/C10H16N4O2/c1-7(2)9(15)13-4-5-14-8(6-13)11-12-10(14)16-3/h7H,4-6H2,1-3H3. The topological polar surface area (TPSA) is 60.3 Å². The zero-order valence-electron chi connectivity index (χ0n) is 9.80. The number of aromatic nitrogens is 3. The van der Waals surface area contributed by atoms with Gasteiger partial charge in [0.1, 0.15) is 0 Å². The maximum absolute atomic E-state index is 11.8. The normalized spacial score (nSPS) is 15.1. The van der Waals surface area contributed by atoms with Crippen LogP contribution in [0.4, 0.5) is 0 Å². The molecular weight excluding hydrogens is 208 g/mol. The molecule has 0 radical (unpaired) electrons. The van der Waals surface area contributed by atoms with Gasteiger partial charge in [-0.2, -0.15) is 0 Å². The predicted octanol–water partition coefficient (Wildman–Crippen LogP) is 0.285. The number of methoxy groups -OCH3 is 1. The molecule has 0 N–H and O–H groups in total. The average molecular weight is 224 g/mol. The quantitative estimate of drug-likeness (QED) is 0.724. The van der Waals surface area contributed by atoms with Crippen LogP contribution in [0.1, 0.15) is 19.7 Å². The van der Waals surface area contributed by atoms with Crippen LogP contribution in [0.25, 0.3) is 0 Å². The van der Waals surface area contributed by atoms with Crippen molar-refractivity contribution in [3.63, 3.8) is 0 Å². The molecule has 0 aromatic carbocycles. The molecule has 0 atom stereocenters. The summed E-state index contributed by atoms with van der Waals surface area (Å²) in [4.78, 5) is 13.6. The summed E-state index contributed by atoms with van der Waals surface area (Å²) in [7, 11) is 1.57. The van der Waals surface area contributed by atoms with Crippen LogP contribution >= 0.6 is 0 Å². The molecule has 0 spiro atoms. The molecule has 6 nitrogen and oxygen atoms in total. The van der Waals surface area contributed by atoms with Crippen molar-refractivity contribution in [2.45, 2.75) is 26.9 Å². The van der Waals surface area contributed by atoms with Gasteiger partial charge in [-0.25, -0.2) is 0 Å². The fourth-order valence-electron chi connectivity index (χ4n) is 1.84. The Morgan fingerprint density at radius 1 is 1.38 bits per heavy atom. The van der Waals surface area contributed by atoms with Crippen molar-refractivity contribution in [2.75, 3.05) is 13.7 Å². The van der Waals surface area contributed by atoms with Crippen molar-refractivity contribution in [1.82, 2.24) is 19.7 Å². The van der Waals surface area contributed by atoms with Crippen LogP contribution < -0.4 is 4.74 Å². The van der Waals surface area contributed by atoms with Crippen molar-refractivity contribution >= 4 is 5.91 Å². The van der Waals surface area contributed by atoms with Crippen LogP contribution in [-0.4, -0.2) is 39.2 Å². The Kier molecular flexibility index (Phi) is 2.80. The lowest BCUT2D eigenvalue weighted by Gasteiger charge is -2.28. The lowest BCUT2D eigenvalue weighted by atomic mass is 10.2. The molecular formula is C10H16N4O2. The van der Waals surface area contributed by atoms with E-state index in [1.165, 1.54) is 0 Å². The van der Waals surface area contributed by atoms with Gasteiger partial charge in [0.15, 0.2) is 5.82 Å². The van der Waals surface area contributed by atoms with E-state index < -0.39 is 0 Å². The molecule has 1 aliphatic rings. The molecule has 6 heteroatoms. The van der Waals surface area contributed by atoms with Gasteiger partial charge in [0.05, 0.1) is 13.7 Å². The summed E-state index contributed by atoms with van der Waals surface area (Å²) in [5, 5.41) is 7.92. The number of ether oxygens (including phenoxy) is 1. The van der Waals surface area contributed by atoms with Gasteiger partial charge < -0.3 is 9.64 Å². The van der Waals surface area contributed by atoms with Gasteiger partial charge in [-0.1, -0.05) is 18.9 Å². The van der Waals surface area contributed by atoms with Crippen LogP contribution in [0.5, 0.6) is 6.01 Å². The molecule has 2 heterocycles. The van der Waals surface area contributed by atoms with Gasteiger partial charge in [0.2, 0.25) is 5.91 Å². The van der Waals surface area contributed by atoms with E-state index in [9.17, 15) is 4.79 Å². The molecule has 0 unspecified atom stereocenters. The highest BCUT2D eigenvalue weighted by Crippen LogP contribution is 2.17. The van der Waals surface area contributed by atoms with E-state index >= 15 is 0 Å². The van der Waals surface area contributed by atoms with E-state index in [0.717, 1.165) is 5.82 Å². The number of carbonyl (C=O) groups excluding carboxylic acids is 1. The SMILES string of the molecule is COc1nnc2n1CCN(C(=O)C(C)C)C2. The molecule has 1 amide bonds. The van der Waals surface area contributed by atoms with E-state index in [2.05, 4.69) is 10.2 Å². The minimum atomic E-state index is 0.0244. The Hall–Kier alpha value is -1.59. The Morgan fingerprint density at radius 3 is 2.75 bits per heavy atom. The molecule has 0 saturated heterocycles. The molecule has 0 saturated carbocycles. The maximum atomic E-state index is 11.8. The lowest BCUT2D eigenvalue weighted by molar-refractivity contribution is -0.136. The van der Waals surface area contributed by atoms with E-state index in [1.54, 1.807) is 7.11 Å². The highest BCUT2D eigenvalue weighted by Gasteiger charge is 2.25. The Bertz CT molecular complexity index is 400. The highest BCUT2D eigenvalue weighted by molar-refractivity contribution is 5.78. The number of hydrogen-bond donors (Lipinski definition) is 0. The van der Waals surface area contributed by atoms with Gasteiger partial charge in [-0.05, 0) is 0 Å². The third-order valence-corrected chi connectivity index (χ3v) is 2.71. The van der Waals surface area contributed by atoms with Gasteiger partial charge in [-0.3, -0.25) is 9.36 Å². The largest absolute Gasteiger partial charge is 0.467 e. The van der Waals surface area contributed by atoms with Gasteiger partial charge >= 0.3 is 6.01 Å². The Balaban J connectivity index is 2.15. The van der Waals surface area contributed by atoms with Crippen molar-refractivity contribution in [2.24, 2.45) is 5.92 Å². The first kappa shape index (κ1) is 10.9. The number of hydrogen-bond acceptors (Lipinski definition) is 4. The van der Waals surface area contributed by atoms with Crippen molar-refractivity contribution in [1.29, 1.82) is 0 Å². The Labute approximate surface area is 94.2 Å². The summed E-state index contributed by atoms with van der Waals surface area (Å²) in [6, 6.07) is 0.520. The number of carbonyl (C=O) groups is 1. The highest BCUT2D eigenvalue weighted by atomic mass is 16.5. The molecule has 0 bridgehead atoms. The summed E-state index contributed by atoms with van der Waals surface area (Å²) in [5.41, 5.74) is 0. The summed E-state index contributed by atoms with van der Waals surface area (Å²) in [5.74, 6) is 0.974. The fraction of sp³-hybridized carbons (Fsp3) is 0.700. The number of rotatable bonds is 2. The molecule has 1 aliphatic heterocycles. The summed E-state index contributed by atoms with van der Waals surface area (Å²) in [6.07, 6.45) is 0. The van der Waals surface area contributed by atoms with E-state index in [-0.39, 0.29) is 11.8 Å². The zero-order chi connectivity index (χ0) is 11.7. The van der Waals surface area contributed by atoms with Gasteiger partial charge in [0, 0.05) is 19.0 Å². The van der Waals surface area contributed by atoms with Crippen LogP contribution in [0.3, 0.4) is 0 Å². The second kappa shape index (κ2) is 4.11. The number of fused-ring (bicyclic) bond motifs is 1. The van der Waals surface area contributed by atoms with Crippen molar-refractivity contribution in [3.8, 4) is 6.01 Å². The van der Waals surface area contributed by atoms with Gasteiger partial charge in [0.25, 0.3) is 0 Å². The van der Waals surface area contributed by atoms with Crippen LogP contribution in [0.2, 0.25) is 0 Å². The summed E-state index contributed by atoms with van der Waals surface area (Å²) in [6.45, 7) is 5.72. The van der Waals surface area contributed by atoms with E-state index in [1.807, 2.05) is 23.3 Å². The molecule has 0 fully saturated rings. The Morgan fingerprint density at radius 2 is 2.12 bits per heavy atom. The monoisotopic (exact) mass is 224 g/mol. The average Bonchev–Trinajstić information content (AvgIpc) is 2.69. The molecule has 0 aliphatic carbocycles. The minimum Gasteiger partial charge on any atom is -0.467 e. The summed E-state index contributed by atoms with van der Waals surface area (Å²) < 4.78 is 6.99. The van der Waals surface area contributed by atoms with Gasteiger partial charge in [-0.15, -0.1) is 5.10 Å². The van der Waals surface area contributed by atoms with Crippen LogP contribution in [0.15, 0.2) is 0 Å². The number of nitrogens with zero attached hydrogens (tertiary/aromatic N) is 4. The third kappa shape index (κ3) is 1.75. The van der Waals surface area contributed by atoms with E-state index in [4.69, 9.17) is 4.74 Å². The third-order valence-electron chi connectivity index (χ3n) is 2.71. The zero-order valence-corrected chi connectivity index (χ0v) is 9.80. The maximum Gasteiger partial charge on any atom is 0.316 e. The fourth-order valence-corrected chi connectivity index (χ4v) is 1.84. The van der Waals surface area contributed by atoms with Crippen molar-refractivity contribution < 1.29 is 9.53 Å². The summed E-state index contributed by atoms with van der Waals surface area (Å²) >= 11 is 0. The predicted molar refractivity (Wildman–Crippen MR) is 56.8 cm³/mol. The first-order chi connectivity index (χ1) is 7.63. The molecule has 1 aromatic rings. The molecule has 1 aromatic heterocycles. The molecule has 16 heavy (non-hydrogen) atoms. The number of amides is 1. The first-order valence-electron chi connectivity index (χ1n) is 5.38. The van der Waals surface area contributed by atoms with Crippen LogP contribution in [0, 0.1) is 5.92 Å². The molecule has 88 valence electrons. The minimum absolute atomic E-state index is 0.0244. The second-order valence-electron chi connectivity index (χ2n) is 4.17. The smallest absolute Gasteiger partial charge is 0.316 e. The second-order valence-corrected chi connectivity index (χ2v) is 4.17. The lowest BCUT2D eigenvalue weighted by Crippen LogP contribution is -2.40. The first-order valence-corrected chi connectivity index (χ1v) is 5.38. The molecule has 2 rings (SSSR count).